The van der Waals surface area contributed by atoms with Gasteiger partial charge in [-0.05, 0) is 29.6 Å². The first-order valence-corrected chi connectivity index (χ1v) is 10.0. The Morgan fingerprint density at radius 3 is 2.80 bits per heavy atom. The summed E-state index contributed by atoms with van der Waals surface area (Å²) in [6.07, 6.45) is -0.448. The molecule has 1 fully saturated rings. The number of thiophene rings is 1. The number of aromatic nitrogens is 1. The fraction of sp³-hybridized carbons (Fsp3) is 0.333. The van der Waals surface area contributed by atoms with E-state index in [1.165, 1.54) is 0 Å². The molecule has 0 bridgehead atoms. The molecule has 1 aromatic carbocycles. The van der Waals surface area contributed by atoms with Gasteiger partial charge in [-0.1, -0.05) is 6.07 Å². The molecule has 2 aromatic heterocycles. The van der Waals surface area contributed by atoms with Gasteiger partial charge in [0.25, 0.3) is 5.91 Å². The lowest BCUT2D eigenvalue weighted by molar-refractivity contribution is 0.0533. The van der Waals surface area contributed by atoms with Crippen LogP contribution in [-0.4, -0.2) is 58.5 Å². The highest BCUT2D eigenvalue weighted by Crippen LogP contribution is 2.22. The maximum atomic E-state index is 12.7. The molecule has 1 saturated heterocycles. The van der Waals surface area contributed by atoms with Crippen molar-refractivity contribution >= 4 is 38.8 Å². The van der Waals surface area contributed by atoms with Crippen LogP contribution in [0.15, 0.2) is 41.2 Å². The predicted octanol–water partition coefficient (Wildman–Crippen LogP) is 2.85. The van der Waals surface area contributed by atoms with Crippen molar-refractivity contribution in [1.29, 1.82) is 0 Å². The zero-order valence-electron chi connectivity index (χ0n) is 13.7. The zero-order chi connectivity index (χ0) is 17.2. The maximum Gasteiger partial charge on any atom is 0.253 e. The van der Waals surface area contributed by atoms with Crippen LogP contribution in [0.5, 0.6) is 0 Å². The van der Waals surface area contributed by atoms with Crippen molar-refractivity contribution in [2.24, 2.45) is 0 Å². The van der Waals surface area contributed by atoms with Crippen molar-refractivity contribution in [3.8, 4) is 0 Å². The number of fused-ring (bicyclic) bond motifs is 1. The van der Waals surface area contributed by atoms with Crippen molar-refractivity contribution in [1.82, 2.24) is 14.8 Å². The number of carbonyl (C=O) groups excluding carboxylic acids is 1. The minimum absolute atomic E-state index is 0.0776. The van der Waals surface area contributed by atoms with Gasteiger partial charge >= 0.3 is 0 Å². The molecule has 1 aliphatic rings. The first-order valence-electron chi connectivity index (χ1n) is 8.27. The van der Waals surface area contributed by atoms with Gasteiger partial charge in [-0.3, -0.25) is 9.69 Å². The highest BCUT2D eigenvalue weighted by atomic mass is 32.1. The Hall–Kier alpha value is -1.80. The first-order chi connectivity index (χ1) is 12.2. The molecule has 7 heteroatoms. The number of aliphatic hydroxyl groups is 1. The third-order valence-corrected chi connectivity index (χ3v) is 6.31. The number of aliphatic hydroxyl groups excluding tert-OH is 1. The molecule has 130 valence electrons. The molecule has 4 rings (SSSR count). The largest absolute Gasteiger partial charge is 0.386 e. The topological polar surface area (TPSA) is 56.7 Å². The quantitative estimate of drug-likeness (QED) is 0.764. The monoisotopic (exact) mass is 373 g/mol. The molecule has 1 amide bonds. The number of amides is 1. The smallest absolute Gasteiger partial charge is 0.253 e. The van der Waals surface area contributed by atoms with E-state index < -0.39 is 6.10 Å². The lowest BCUT2D eigenvalue weighted by Crippen LogP contribution is -2.49. The molecule has 3 heterocycles. The number of piperazine rings is 1. The summed E-state index contributed by atoms with van der Waals surface area (Å²) in [4.78, 5) is 22.1. The Morgan fingerprint density at radius 1 is 1.20 bits per heavy atom. The Bertz CT molecular complexity index is 854. The van der Waals surface area contributed by atoms with E-state index in [9.17, 15) is 9.90 Å². The molecule has 0 radical (unpaired) electrons. The normalized spacial score (nSPS) is 17.1. The molecule has 1 N–H and O–H groups in total. The number of hydrogen-bond acceptors (Lipinski definition) is 6. The minimum Gasteiger partial charge on any atom is -0.386 e. The van der Waals surface area contributed by atoms with Gasteiger partial charge in [0.1, 0.15) is 6.10 Å². The second kappa shape index (κ2) is 7.21. The second-order valence-electron chi connectivity index (χ2n) is 6.16. The minimum atomic E-state index is -0.448. The number of carbonyl (C=O) groups is 1. The summed E-state index contributed by atoms with van der Waals surface area (Å²) >= 11 is 3.13. The van der Waals surface area contributed by atoms with Gasteiger partial charge in [-0.15, -0.1) is 22.7 Å². The van der Waals surface area contributed by atoms with E-state index in [0.29, 0.717) is 19.6 Å². The molecular weight excluding hydrogens is 354 g/mol. The van der Waals surface area contributed by atoms with Crippen molar-refractivity contribution in [3.05, 3.63) is 51.7 Å². The number of benzene rings is 1. The zero-order valence-corrected chi connectivity index (χ0v) is 15.3. The molecule has 5 nitrogen and oxygen atoms in total. The van der Waals surface area contributed by atoms with E-state index in [1.807, 2.05) is 40.6 Å². The van der Waals surface area contributed by atoms with E-state index in [-0.39, 0.29) is 5.91 Å². The standard InChI is InChI=1S/C18H19N3O2S2/c22-15(16-2-1-9-24-16)11-20-5-7-21(8-6-20)18(23)13-3-4-14-17(10-13)25-12-19-14/h1-4,9-10,12,15,22H,5-8,11H2. The highest BCUT2D eigenvalue weighted by molar-refractivity contribution is 7.16. The van der Waals surface area contributed by atoms with Crippen molar-refractivity contribution in [2.45, 2.75) is 6.10 Å². The van der Waals surface area contributed by atoms with Crippen LogP contribution in [-0.2, 0) is 0 Å². The summed E-state index contributed by atoms with van der Waals surface area (Å²) in [5.74, 6) is 0.0776. The van der Waals surface area contributed by atoms with Gasteiger partial charge in [0.05, 0.1) is 15.7 Å². The van der Waals surface area contributed by atoms with Crippen LogP contribution in [0.3, 0.4) is 0 Å². The molecule has 1 atom stereocenters. The van der Waals surface area contributed by atoms with Crippen LogP contribution < -0.4 is 0 Å². The average molecular weight is 374 g/mol. The van der Waals surface area contributed by atoms with Crippen LogP contribution in [0.1, 0.15) is 21.3 Å². The summed E-state index contributed by atoms with van der Waals surface area (Å²) in [6.45, 7) is 3.58. The summed E-state index contributed by atoms with van der Waals surface area (Å²) < 4.78 is 1.04. The molecular formula is C18H19N3O2S2. The van der Waals surface area contributed by atoms with Crippen LogP contribution >= 0.6 is 22.7 Å². The fourth-order valence-electron chi connectivity index (χ4n) is 3.12. The van der Waals surface area contributed by atoms with Gasteiger partial charge in [0.15, 0.2) is 0 Å². The van der Waals surface area contributed by atoms with Gasteiger partial charge in [0.2, 0.25) is 0 Å². The van der Waals surface area contributed by atoms with E-state index in [2.05, 4.69) is 9.88 Å². The molecule has 1 aliphatic heterocycles. The van der Waals surface area contributed by atoms with E-state index >= 15 is 0 Å². The summed E-state index contributed by atoms with van der Waals surface area (Å²) in [6, 6.07) is 9.62. The SMILES string of the molecule is O=C(c1ccc2ncsc2c1)N1CCN(CC(O)c2cccs2)CC1. The fourth-order valence-corrected chi connectivity index (χ4v) is 4.54. The lowest BCUT2D eigenvalue weighted by atomic mass is 10.1. The predicted molar refractivity (Wildman–Crippen MR) is 101 cm³/mol. The molecule has 0 spiro atoms. The van der Waals surface area contributed by atoms with Gasteiger partial charge in [-0.25, -0.2) is 4.98 Å². The Kier molecular flexibility index (Phi) is 4.80. The van der Waals surface area contributed by atoms with Gasteiger partial charge in [0, 0.05) is 43.2 Å². The van der Waals surface area contributed by atoms with Crippen LogP contribution in [0.4, 0.5) is 0 Å². The van der Waals surface area contributed by atoms with Crippen LogP contribution in [0.25, 0.3) is 10.2 Å². The summed E-state index contributed by atoms with van der Waals surface area (Å²) in [5, 5.41) is 12.3. The molecule has 25 heavy (non-hydrogen) atoms. The van der Waals surface area contributed by atoms with E-state index in [0.717, 1.165) is 33.7 Å². The van der Waals surface area contributed by atoms with Crippen LogP contribution in [0.2, 0.25) is 0 Å². The number of thiazole rings is 1. The highest BCUT2D eigenvalue weighted by Gasteiger charge is 2.24. The van der Waals surface area contributed by atoms with Crippen LogP contribution in [0, 0.1) is 0 Å². The Balaban J connectivity index is 1.35. The Labute approximate surface area is 154 Å². The summed E-state index contributed by atoms with van der Waals surface area (Å²) in [7, 11) is 0. The number of hydrogen-bond donors (Lipinski definition) is 1. The third kappa shape index (κ3) is 3.59. The summed E-state index contributed by atoms with van der Waals surface area (Å²) in [5.41, 5.74) is 3.47. The average Bonchev–Trinajstić information content (AvgIpc) is 3.32. The van der Waals surface area contributed by atoms with E-state index in [1.54, 1.807) is 28.2 Å². The van der Waals surface area contributed by atoms with Crippen molar-refractivity contribution < 1.29 is 9.90 Å². The van der Waals surface area contributed by atoms with Gasteiger partial charge in [-0.2, -0.15) is 0 Å². The first kappa shape index (κ1) is 16.7. The third-order valence-electron chi connectivity index (χ3n) is 4.54. The number of rotatable bonds is 4. The molecule has 0 saturated carbocycles. The van der Waals surface area contributed by atoms with Crippen molar-refractivity contribution in [2.75, 3.05) is 32.7 Å². The molecule has 0 aliphatic carbocycles. The maximum absolute atomic E-state index is 12.7. The lowest BCUT2D eigenvalue weighted by Gasteiger charge is -2.35. The van der Waals surface area contributed by atoms with E-state index in [4.69, 9.17) is 0 Å². The molecule has 3 aromatic rings. The number of β-amino-alcohol motifs (C(OH)–C–C–N with tert-alkyl or cyclic N) is 1. The second-order valence-corrected chi connectivity index (χ2v) is 8.02. The molecule has 1 unspecified atom stereocenters. The Morgan fingerprint density at radius 2 is 2.04 bits per heavy atom. The van der Waals surface area contributed by atoms with Gasteiger partial charge < -0.3 is 10.0 Å². The number of nitrogens with zero attached hydrogens (tertiary/aromatic N) is 3. The van der Waals surface area contributed by atoms with Crippen molar-refractivity contribution in [3.63, 3.8) is 0 Å².